The van der Waals surface area contributed by atoms with Gasteiger partial charge in [0.25, 0.3) is 5.91 Å². The average molecular weight is 348 g/mol. The van der Waals surface area contributed by atoms with Crippen LogP contribution in [0.25, 0.3) is 0 Å². The number of ether oxygens (including phenoxy) is 3. The summed E-state index contributed by atoms with van der Waals surface area (Å²) in [5, 5.41) is 11.2. The number of amides is 1. The molecule has 136 valence electrons. The Balaban J connectivity index is 1.30. The van der Waals surface area contributed by atoms with Gasteiger partial charge in [0.1, 0.15) is 0 Å². The molecule has 4 rings (SSSR count). The minimum Gasteiger partial charge on any atom is -0.376 e. The quantitative estimate of drug-likeness (QED) is 0.858. The lowest BCUT2D eigenvalue weighted by atomic mass is 10.0. The fourth-order valence-electron chi connectivity index (χ4n) is 3.58. The van der Waals surface area contributed by atoms with Gasteiger partial charge in [0, 0.05) is 39.1 Å². The van der Waals surface area contributed by atoms with Crippen molar-refractivity contribution in [2.75, 3.05) is 44.4 Å². The predicted molar refractivity (Wildman–Crippen MR) is 89.4 cm³/mol. The van der Waals surface area contributed by atoms with Crippen molar-refractivity contribution in [3.63, 3.8) is 0 Å². The van der Waals surface area contributed by atoms with Gasteiger partial charge in [-0.15, -0.1) is 10.2 Å². The van der Waals surface area contributed by atoms with E-state index in [1.54, 1.807) is 6.07 Å². The predicted octanol–water partition coefficient (Wildman–Crippen LogP) is 0.729. The maximum atomic E-state index is 12.1. The van der Waals surface area contributed by atoms with Gasteiger partial charge in [0.2, 0.25) is 0 Å². The number of rotatable bonds is 4. The van der Waals surface area contributed by atoms with Crippen molar-refractivity contribution < 1.29 is 19.0 Å². The zero-order chi connectivity index (χ0) is 17.1. The topological polar surface area (TPSA) is 85.8 Å². The van der Waals surface area contributed by atoms with Crippen LogP contribution in [0.15, 0.2) is 12.1 Å². The van der Waals surface area contributed by atoms with Gasteiger partial charge in [0.05, 0.1) is 19.3 Å². The molecule has 3 fully saturated rings. The van der Waals surface area contributed by atoms with Crippen LogP contribution in [0, 0.1) is 0 Å². The van der Waals surface area contributed by atoms with Crippen LogP contribution in [0.5, 0.6) is 0 Å². The van der Waals surface area contributed by atoms with Crippen molar-refractivity contribution in [2.24, 2.45) is 0 Å². The molecular weight excluding hydrogens is 324 g/mol. The number of carbonyl (C=O) groups is 1. The molecule has 1 amide bonds. The summed E-state index contributed by atoms with van der Waals surface area (Å²) in [4.78, 5) is 14.3. The highest BCUT2D eigenvalue weighted by atomic mass is 16.7. The van der Waals surface area contributed by atoms with Crippen molar-refractivity contribution in [1.29, 1.82) is 0 Å². The molecule has 1 unspecified atom stereocenters. The zero-order valence-corrected chi connectivity index (χ0v) is 14.3. The number of carbonyl (C=O) groups excluding carboxylic acids is 1. The second-order valence-corrected chi connectivity index (χ2v) is 6.72. The maximum Gasteiger partial charge on any atom is 0.271 e. The molecule has 25 heavy (non-hydrogen) atoms. The molecule has 1 atom stereocenters. The molecule has 1 spiro atoms. The number of hydrogen-bond acceptors (Lipinski definition) is 7. The van der Waals surface area contributed by atoms with Crippen molar-refractivity contribution >= 4 is 11.7 Å². The Kier molecular flexibility index (Phi) is 4.82. The SMILES string of the molecule is O=C(NCC1CCCO1)c1ccc(N2CCC3(CC2)OCCO3)nn1. The monoisotopic (exact) mass is 348 g/mol. The van der Waals surface area contributed by atoms with E-state index < -0.39 is 5.79 Å². The summed E-state index contributed by atoms with van der Waals surface area (Å²) in [7, 11) is 0. The molecule has 4 heterocycles. The number of aromatic nitrogens is 2. The summed E-state index contributed by atoms with van der Waals surface area (Å²) < 4.78 is 17.0. The summed E-state index contributed by atoms with van der Waals surface area (Å²) in [6, 6.07) is 3.57. The van der Waals surface area contributed by atoms with Crippen LogP contribution in [0.1, 0.15) is 36.2 Å². The highest BCUT2D eigenvalue weighted by Crippen LogP contribution is 2.32. The molecule has 3 saturated heterocycles. The minimum atomic E-state index is -0.397. The van der Waals surface area contributed by atoms with E-state index in [9.17, 15) is 4.79 Å². The first-order valence-electron chi connectivity index (χ1n) is 9.01. The Morgan fingerprint density at radius 2 is 2.00 bits per heavy atom. The second kappa shape index (κ2) is 7.23. The van der Waals surface area contributed by atoms with Gasteiger partial charge in [-0.05, 0) is 25.0 Å². The van der Waals surface area contributed by atoms with E-state index in [0.717, 1.165) is 51.2 Å². The Bertz CT molecular complexity index is 587. The highest BCUT2D eigenvalue weighted by Gasteiger charge is 2.40. The van der Waals surface area contributed by atoms with E-state index in [2.05, 4.69) is 20.4 Å². The van der Waals surface area contributed by atoms with E-state index in [1.165, 1.54) is 0 Å². The maximum absolute atomic E-state index is 12.1. The number of hydrogen-bond donors (Lipinski definition) is 1. The average Bonchev–Trinajstić information content (AvgIpc) is 3.33. The Hall–Kier alpha value is -1.77. The van der Waals surface area contributed by atoms with E-state index in [0.29, 0.717) is 25.5 Å². The molecule has 0 bridgehead atoms. The van der Waals surface area contributed by atoms with E-state index in [1.807, 2.05) is 6.07 Å². The lowest BCUT2D eigenvalue weighted by Gasteiger charge is -2.37. The van der Waals surface area contributed by atoms with Gasteiger partial charge in [-0.25, -0.2) is 0 Å². The number of anilines is 1. The molecule has 8 heteroatoms. The highest BCUT2D eigenvalue weighted by molar-refractivity contribution is 5.92. The lowest BCUT2D eigenvalue weighted by molar-refractivity contribution is -0.169. The van der Waals surface area contributed by atoms with Crippen molar-refractivity contribution in [3.8, 4) is 0 Å². The first kappa shape index (κ1) is 16.7. The third-order valence-electron chi connectivity index (χ3n) is 5.06. The largest absolute Gasteiger partial charge is 0.376 e. The summed E-state index contributed by atoms with van der Waals surface area (Å²) in [5.41, 5.74) is 0.331. The molecule has 1 aromatic rings. The Morgan fingerprint density at radius 3 is 2.64 bits per heavy atom. The fourth-order valence-corrected chi connectivity index (χ4v) is 3.58. The Labute approximate surface area is 146 Å². The van der Waals surface area contributed by atoms with Gasteiger partial charge in [-0.2, -0.15) is 0 Å². The third-order valence-corrected chi connectivity index (χ3v) is 5.06. The molecule has 1 N–H and O–H groups in total. The second-order valence-electron chi connectivity index (χ2n) is 6.72. The standard InChI is InChI=1S/C17H24N4O4/c22-16(18-12-13-2-1-9-23-13)14-3-4-15(20-19-14)21-7-5-17(6-8-21)24-10-11-25-17/h3-4,13H,1-2,5-12H2,(H,18,22). The molecule has 3 aliphatic rings. The first-order chi connectivity index (χ1) is 12.2. The molecule has 0 saturated carbocycles. The van der Waals surface area contributed by atoms with Crippen molar-refractivity contribution in [2.45, 2.75) is 37.6 Å². The van der Waals surface area contributed by atoms with Gasteiger partial charge in [-0.3, -0.25) is 4.79 Å². The normalized spacial score (nSPS) is 25.4. The third kappa shape index (κ3) is 3.75. The molecule has 0 aromatic carbocycles. The van der Waals surface area contributed by atoms with E-state index >= 15 is 0 Å². The smallest absolute Gasteiger partial charge is 0.271 e. The lowest BCUT2D eigenvalue weighted by Crippen LogP contribution is -2.45. The van der Waals surface area contributed by atoms with Gasteiger partial charge in [-0.1, -0.05) is 0 Å². The molecule has 0 radical (unpaired) electrons. The Morgan fingerprint density at radius 1 is 1.20 bits per heavy atom. The van der Waals surface area contributed by atoms with Gasteiger partial charge < -0.3 is 24.4 Å². The van der Waals surface area contributed by atoms with Crippen LogP contribution in [0.2, 0.25) is 0 Å². The number of nitrogens with zero attached hydrogens (tertiary/aromatic N) is 3. The summed E-state index contributed by atoms with van der Waals surface area (Å²) in [6.07, 6.45) is 3.81. The van der Waals surface area contributed by atoms with E-state index in [4.69, 9.17) is 14.2 Å². The molecule has 8 nitrogen and oxygen atoms in total. The fraction of sp³-hybridized carbons (Fsp3) is 0.706. The number of piperidine rings is 1. The molecule has 3 aliphatic heterocycles. The van der Waals surface area contributed by atoms with Gasteiger partial charge >= 0.3 is 0 Å². The summed E-state index contributed by atoms with van der Waals surface area (Å²) >= 11 is 0. The van der Waals surface area contributed by atoms with Crippen LogP contribution in [-0.4, -0.2) is 67.5 Å². The minimum absolute atomic E-state index is 0.122. The van der Waals surface area contributed by atoms with Crippen molar-refractivity contribution in [3.05, 3.63) is 17.8 Å². The van der Waals surface area contributed by atoms with Crippen LogP contribution >= 0.6 is 0 Å². The molecule has 0 aliphatic carbocycles. The molecular formula is C17H24N4O4. The molecule has 1 aromatic heterocycles. The summed E-state index contributed by atoms with van der Waals surface area (Å²) in [5.74, 6) is 0.176. The van der Waals surface area contributed by atoms with Crippen LogP contribution in [0.4, 0.5) is 5.82 Å². The van der Waals surface area contributed by atoms with Crippen molar-refractivity contribution in [1.82, 2.24) is 15.5 Å². The van der Waals surface area contributed by atoms with Crippen LogP contribution in [-0.2, 0) is 14.2 Å². The van der Waals surface area contributed by atoms with Gasteiger partial charge in [0.15, 0.2) is 17.3 Å². The number of nitrogens with one attached hydrogen (secondary N) is 1. The first-order valence-corrected chi connectivity index (χ1v) is 9.01. The zero-order valence-electron chi connectivity index (χ0n) is 14.3. The van der Waals surface area contributed by atoms with E-state index in [-0.39, 0.29) is 12.0 Å². The summed E-state index contributed by atoms with van der Waals surface area (Å²) in [6.45, 7) is 4.27. The van der Waals surface area contributed by atoms with Crippen LogP contribution in [0.3, 0.4) is 0 Å². The van der Waals surface area contributed by atoms with Crippen LogP contribution < -0.4 is 10.2 Å².